The summed E-state index contributed by atoms with van der Waals surface area (Å²) < 4.78 is 11.9. The van der Waals surface area contributed by atoms with E-state index >= 15 is 0 Å². The molecule has 2 saturated carbocycles. The van der Waals surface area contributed by atoms with E-state index in [-0.39, 0.29) is 17.3 Å². The van der Waals surface area contributed by atoms with Crippen LogP contribution in [0.3, 0.4) is 0 Å². The topological polar surface area (TPSA) is 35.5 Å². The average molecular weight is 308 g/mol. The zero-order chi connectivity index (χ0) is 15.3. The van der Waals surface area contributed by atoms with E-state index in [0.717, 1.165) is 17.9 Å². The maximum atomic E-state index is 12.8. The number of hydrogen-bond donors (Lipinski definition) is 0. The Morgan fingerprint density at radius 3 is 3.09 bits per heavy atom. The normalized spacial score (nSPS) is 41.3. The van der Waals surface area contributed by atoms with Crippen molar-refractivity contribution in [2.45, 2.75) is 43.6 Å². The first-order valence-electron chi connectivity index (χ1n) is 8.87. The summed E-state index contributed by atoms with van der Waals surface area (Å²) in [5.74, 6) is 3.87. The monoisotopic (exact) mass is 308 g/mol. The maximum Gasteiger partial charge on any atom is 0.178 e. The van der Waals surface area contributed by atoms with Gasteiger partial charge >= 0.3 is 0 Å². The van der Waals surface area contributed by atoms with Crippen molar-refractivity contribution < 1.29 is 14.3 Å². The van der Waals surface area contributed by atoms with Crippen LogP contribution in [0.15, 0.2) is 23.8 Å². The van der Waals surface area contributed by atoms with Gasteiger partial charge < -0.3 is 9.47 Å². The van der Waals surface area contributed by atoms with Crippen LogP contribution in [0.2, 0.25) is 0 Å². The highest BCUT2D eigenvalue weighted by Crippen LogP contribution is 2.72. The molecule has 3 nitrogen and oxygen atoms in total. The molecule has 23 heavy (non-hydrogen) atoms. The van der Waals surface area contributed by atoms with Crippen molar-refractivity contribution >= 4 is 5.78 Å². The highest BCUT2D eigenvalue weighted by atomic mass is 16.5. The summed E-state index contributed by atoms with van der Waals surface area (Å²) in [5, 5.41) is 0. The molecule has 0 radical (unpaired) electrons. The molecule has 0 aromatic heterocycles. The van der Waals surface area contributed by atoms with E-state index in [4.69, 9.17) is 9.47 Å². The Morgan fingerprint density at radius 1 is 1.30 bits per heavy atom. The molecule has 118 valence electrons. The molecule has 6 rings (SSSR count). The van der Waals surface area contributed by atoms with E-state index in [1.165, 1.54) is 30.4 Å². The predicted octanol–water partition coefficient (Wildman–Crippen LogP) is 3.20. The lowest BCUT2D eigenvalue weighted by Crippen LogP contribution is -2.51. The molecule has 5 aliphatic rings. The van der Waals surface area contributed by atoms with Gasteiger partial charge in [-0.25, -0.2) is 0 Å². The second kappa shape index (κ2) is 3.82. The highest BCUT2D eigenvalue weighted by Gasteiger charge is 2.71. The second-order valence-corrected chi connectivity index (χ2v) is 7.84. The number of carbonyl (C=O) groups excluding carboxylic acids is 1. The van der Waals surface area contributed by atoms with Crippen LogP contribution < -0.4 is 9.47 Å². The van der Waals surface area contributed by atoms with Crippen LogP contribution in [0.4, 0.5) is 0 Å². The van der Waals surface area contributed by atoms with Crippen LogP contribution in [-0.2, 0) is 16.6 Å². The SMILES string of the molecule is COc1ccc2c3c1O[C@H]1C(=O)CC=C4[C@@H]5CCCC(C5C2)[C@]431. The molecule has 1 aromatic carbocycles. The van der Waals surface area contributed by atoms with Crippen molar-refractivity contribution in [1.82, 2.24) is 0 Å². The van der Waals surface area contributed by atoms with Gasteiger partial charge in [-0.1, -0.05) is 24.1 Å². The van der Waals surface area contributed by atoms with Crippen LogP contribution in [0.1, 0.15) is 36.8 Å². The molecule has 0 amide bonds. The lowest BCUT2D eigenvalue weighted by molar-refractivity contribution is -0.128. The van der Waals surface area contributed by atoms with Crippen molar-refractivity contribution in [3.63, 3.8) is 0 Å². The predicted molar refractivity (Wildman–Crippen MR) is 84.8 cm³/mol. The first-order chi connectivity index (χ1) is 11.3. The zero-order valence-corrected chi connectivity index (χ0v) is 13.3. The third-order valence-electron chi connectivity index (χ3n) is 7.29. The lowest BCUT2D eigenvalue weighted by atomic mass is 9.57. The van der Waals surface area contributed by atoms with Gasteiger partial charge in [0, 0.05) is 12.0 Å². The summed E-state index contributed by atoms with van der Waals surface area (Å²) in [6, 6.07) is 4.24. The van der Waals surface area contributed by atoms with Crippen molar-refractivity contribution in [3.05, 3.63) is 34.9 Å². The number of Topliss-reactive ketones (excluding diaryl/α,β-unsaturated/α-hetero) is 1. The number of methoxy groups -OCH3 is 1. The molecule has 2 fully saturated rings. The van der Waals surface area contributed by atoms with E-state index < -0.39 is 0 Å². The van der Waals surface area contributed by atoms with Gasteiger partial charge in [0.25, 0.3) is 0 Å². The van der Waals surface area contributed by atoms with Gasteiger partial charge in [0.15, 0.2) is 23.4 Å². The number of fused-ring (bicyclic) bond motifs is 1. The number of allylic oxidation sites excluding steroid dienone is 1. The van der Waals surface area contributed by atoms with E-state index in [1.54, 1.807) is 12.7 Å². The molecule has 0 saturated heterocycles. The standard InChI is InChI=1S/C20H20O3/c1-22-16-8-5-10-9-12-11-3-2-4-13(12)20-14(11)6-7-15(21)19(20)23-18(16)17(10)20/h5-6,8,11-13,19H,2-4,7,9H2,1H3/t11-,12?,13?,19+,20+/m1/s1. The Morgan fingerprint density at radius 2 is 2.22 bits per heavy atom. The molecule has 1 aromatic rings. The average Bonchev–Trinajstić information content (AvgIpc) is 2.94. The van der Waals surface area contributed by atoms with E-state index in [9.17, 15) is 4.79 Å². The number of ketones is 1. The smallest absolute Gasteiger partial charge is 0.178 e. The van der Waals surface area contributed by atoms with Crippen LogP contribution >= 0.6 is 0 Å². The largest absolute Gasteiger partial charge is 0.493 e. The van der Waals surface area contributed by atoms with E-state index in [1.807, 2.05) is 6.07 Å². The molecule has 4 aliphatic carbocycles. The first-order valence-corrected chi connectivity index (χ1v) is 8.87. The van der Waals surface area contributed by atoms with Gasteiger partial charge in [-0.15, -0.1) is 0 Å². The molecule has 5 atom stereocenters. The summed E-state index contributed by atoms with van der Waals surface area (Å²) in [7, 11) is 1.69. The molecule has 1 spiro atoms. The fourth-order valence-corrected chi connectivity index (χ4v) is 6.76. The lowest BCUT2D eigenvalue weighted by Gasteiger charge is -2.43. The third-order valence-corrected chi connectivity index (χ3v) is 7.29. The fraction of sp³-hybridized carbons (Fsp3) is 0.550. The molecular formula is C20H20O3. The van der Waals surface area contributed by atoms with Gasteiger partial charge in [-0.3, -0.25) is 4.79 Å². The fourth-order valence-electron chi connectivity index (χ4n) is 6.76. The second-order valence-electron chi connectivity index (χ2n) is 7.84. The Bertz CT molecular complexity index is 792. The third kappa shape index (κ3) is 1.16. The van der Waals surface area contributed by atoms with Crippen LogP contribution in [0.5, 0.6) is 11.5 Å². The number of rotatable bonds is 1. The van der Waals surface area contributed by atoms with Crippen molar-refractivity contribution in [3.8, 4) is 11.5 Å². The van der Waals surface area contributed by atoms with Crippen molar-refractivity contribution in [1.29, 1.82) is 0 Å². The molecule has 2 unspecified atom stereocenters. The molecule has 4 bridgehead atoms. The van der Waals surface area contributed by atoms with Crippen LogP contribution in [0.25, 0.3) is 0 Å². The highest BCUT2D eigenvalue weighted by molar-refractivity contribution is 5.92. The van der Waals surface area contributed by atoms with Gasteiger partial charge in [-0.2, -0.15) is 0 Å². The maximum absolute atomic E-state index is 12.8. The molecule has 1 aliphatic heterocycles. The Balaban J connectivity index is 1.74. The summed E-state index contributed by atoms with van der Waals surface area (Å²) in [6.07, 6.45) is 7.48. The number of benzene rings is 1. The number of hydrogen-bond acceptors (Lipinski definition) is 3. The summed E-state index contributed by atoms with van der Waals surface area (Å²) in [6.45, 7) is 0. The van der Waals surface area contributed by atoms with Crippen LogP contribution in [-0.4, -0.2) is 19.0 Å². The molecule has 1 heterocycles. The summed E-state index contributed by atoms with van der Waals surface area (Å²) >= 11 is 0. The quantitative estimate of drug-likeness (QED) is 0.747. The number of carbonyl (C=O) groups is 1. The minimum absolute atomic E-state index is 0.154. The van der Waals surface area contributed by atoms with Gasteiger partial charge in [0.1, 0.15) is 0 Å². The Kier molecular flexibility index (Phi) is 2.10. The minimum atomic E-state index is -0.302. The molecule has 3 heteroatoms. The minimum Gasteiger partial charge on any atom is -0.493 e. The van der Waals surface area contributed by atoms with E-state index in [0.29, 0.717) is 24.2 Å². The van der Waals surface area contributed by atoms with Gasteiger partial charge in [-0.05, 0) is 48.6 Å². The molecular weight excluding hydrogens is 288 g/mol. The number of ether oxygens (including phenoxy) is 2. The van der Waals surface area contributed by atoms with Crippen molar-refractivity contribution in [2.24, 2.45) is 17.8 Å². The first kappa shape index (κ1) is 12.6. The molecule has 0 N–H and O–H groups in total. The van der Waals surface area contributed by atoms with Gasteiger partial charge in [0.05, 0.1) is 12.5 Å². The Hall–Kier alpha value is -1.77. The zero-order valence-electron chi connectivity index (χ0n) is 13.3. The van der Waals surface area contributed by atoms with Crippen LogP contribution in [0, 0.1) is 17.8 Å². The van der Waals surface area contributed by atoms with E-state index in [2.05, 4.69) is 12.1 Å². The Labute approximate surface area is 135 Å². The summed E-state index contributed by atoms with van der Waals surface area (Å²) in [4.78, 5) is 12.8. The van der Waals surface area contributed by atoms with Crippen molar-refractivity contribution in [2.75, 3.05) is 7.11 Å². The van der Waals surface area contributed by atoms with Gasteiger partial charge in [0.2, 0.25) is 0 Å². The summed E-state index contributed by atoms with van der Waals surface area (Å²) in [5.41, 5.74) is 4.10.